The molecule has 0 bridgehead atoms. The van der Waals surface area contributed by atoms with Crippen molar-refractivity contribution in [2.75, 3.05) is 11.9 Å². The Hall–Kier alpha value is -1.13. The second kappa shape index (κ2) is 5.67. The van der Waals surface area contributed by atoms with Crippen LogP contribution < -0.4 is 4.90 Å². The average Bonchev–Trinajstić information content (AvgIpc) is 2.81. The summed E-state index contributed by atoms with van der Waals surface area (Å²) < 4.78 is 0.931. The molecule has 94 valence electrons. The highest BCUT2D eigenvalue weighted by molar-refractivity contribution is 9.10. The van der Waals surface area contributed by atoms with E-state index in [1.165, 1.54) is 5.56 Å². The Morgan fingerprint density at radius 3 is 2.78 bits per heavy atom. The lowest BCUT2D eigenvalue weighted by molar-refractivity contribution is 0.101. The third-order valence-electron chi connectivity index (χ3n) is 2.75. The number of nitrogens with zero attached hydrogens (tertiary/aromatic N) is 1. The number of hydrogen-bond donors (Lipinski definition) is 0. The number of hydrogen-bond acceptors (Lipinski definition) is 3. The molecule has 1 aromatic heterocycles. The van der Waals surface area contributed by atoms with Crippen molar-refractivity contribution in [3.63, 3.8) is 0 Å². The molecule has 0 radical (unpaired) electrons. The van der Waals surface area contributed by atoms with Crippen molar-refractivity contribution in [1.82, 2.24) is 0 Å². The molecule has 2 rings (SSSR count). The Morgan fingerprint density at radius 1 is 1.39 bits per heavy atom. The fraction of sp³-hybridized carbons (Fsp3) is 0.214. The highest BCUT2D eigenvalue weighted by atomic mass is 79.9. The highest BCUT2D eigenvalue weighted by Crippen LogP contribution is 2.25. The van der Waals surface area contributed by atoms with Crippen molar-refractivity contribution >= 4 is 38.7 Å². The smallest absolute Gasteiger partial charge is 0.161 e. The van der Waals surface area contributed by atoms with Crippen molar-refractivity contribution < 1.29 is 4.79 Å². The maximum atomic E-state index is 11.7. The molecule has 0 fully saturated rings. The highest BCUT2D eigenvalue weighted by Gasteiger charge is 2.12. The van der Waals surface area contributed by atoms with E-state index in [1.807, 2.05) is 25.2 Å². The Bertz CT molecular complexity index is 551. The molecule has 0 saturated heterocycles. The van der Waals surface area contributed by atoms with Crippen LogP contribution in [0.3, 0.4) is 0 Å². The molecule has 2 aromatic rings. The zero-order valence-electron chi connectivity index (χ0n) is 10.3. The van der Waals surface area contributed by atoms with E-state index < -0.39 is 0 Å². The van der Waals surface area contributed by atoms with Gasteiger partial charge in [-0.15, -0.1) is 0 Å². The van der Waals surface area contributed by atoms with Gasteiger partial charge in [0.1, 0.15) is 0 Å². The summed E-state index contributed by atoms with van der Waals surface area (Å²) in [6.45, 7) is 2.41. The lowest BCUT2D eigenvalue weighted by Crippen LogP contribution is -2.18. The minimum absolute atomic E-state index is 0.0865. The number of carbonyl (C=O) groups excluding carboxylic acids is 1. The summed E-state index contributed by atoms with van der Waals surface area (Å²) in [6.07, 6.45) is 0. The van der Waals surface area contributed by atoms with Crippen molar-refractivity contribution in [3.05, 3.63) is 50.6 Å². The van der Waals surface area contributed by atoms with Crippen LogP contribution in [0.25, 0.3) is 0 Å². The predicted octanol–water partition coefficient (Wildman–Crippen LogP) is 4.35. The van der Waals surface area contributed by atoms with Crippen LogP contribution in [0.2, 0.25) is 0 Å². The molecule has 1 aromatic carbocycles. The van der Waals surface area contributed by atoms with Gasteiger partial charge in [-0.1, -0.05) is 15.9 Å². The van der Waals surface area contributed by atoms with Gasteiger partial charge in [-0.05, 0) is 47.5 Å². The molecule has 0 aliphatic heterocycles. The zero-order chi connectivity index (χ0) is 13.1. The SMILES string of the molecule is CC(=O)c1cc(Br)ccc1N(C)Cc1ccsc1. The van der Waals surface area contributed by atoms with Crippen LogP contribution in [-0.4, -0.2) is 12.8 Å². The normalized spacial score (nSPS) is 10.4. The first-order chi connectivity index (χ1) is 8.58. The van der Waals surface area contributed by atoms with Gasteiger partial charge in [0.2, 0.25) is 0 Å². The molecule has 18 heavy (non-hydrogen) atoms. The lowest BCUT2D eigenvalue weighted by Gasteiger charge is -2.21. The average molecular weight is 324 g/mol. The Balaban J connectivity index is 2.29. The number of anilines is 1. The van der Waals surface area contributed by atoms with Crippen LogP contribution in [0.4, 0.5) is 5.69 Å². The van der Waals surface area contributed by atoms with Gasteiger partial charge in [0.15, 0.2) is 5.78 Å². The summed E-state index contributed by atoms with van der Waals surface area (Å²) in [5.74, 6) is 0.0865. The maximum absolute atomic E-state index is 11.7. The molecule has 0 unspecified atom stereocenters. The summed E-state index contributed by atoms with van der Waals surface area (Å²) >= 11 is 5.09. The van der Waals surface area contributed by atoms with Gasteiger partial charge in [0.25, 0.3) is 0 Å². The molecular weight excluding hydrogens is 310 g/mol. The molecule has 0 N–H and O–H groups in total. The molecule has 0 aliphatic carbocycles. The lowest BCUT2D eigenvalue weighted by atomic mass is 10.1. The second-order valence-electron chi connectivity index (χ2n) is 4.21. The van der Waals surface area contributed by atoms with Crippen LogP contribution in [0.15, 0.2) is 39.5 Å². The van der Waals surface area contributed by atoms with Crippen LogP contribution >= 0.6 is 27.3 Å². The Labute approximate surface area is 119 Å². The molecule has 1 heterocycles. The number of Topliss-reactive ketones (excluding diaryl/α,β-unsaturated/α-hetero) is 1. The number of benzene rings is 1. The van der Waals surface area contributed by atoms with Crippen molar-refractivity contribution in [2.45, 2.75) is 13.5 Å². The summed E-state index contributed by atoms with van der Waals surface area (Å²) in [7, 11) is 2.01. The van der Waals surface area contributed by atoms with Crippen molar-refractivity contribution in [2.24, 2.45) is 0 Å². The zero-order valence-corrected chi connectivity index (χ0v) is 12.7. The minimum Gasteiger partial charge on any atom is -0.370 e. The fourth-order valence-electron chi connectivity index (χ4n) is 1.86. The van der Waals surface area contributed by atoms with Gasteiger partial charge >= 0.3 is 0 Å². The first-order valence-corrected chi connectivity index (χ1v) is 7.34. The van der Waals surface area contributed by atoms with Crippen LogP contribution in [0.1, 0.15) is 22.8 Å². The van der Waals surface area contributed by atoms with E-state index in [-0.39, 0.29) is 5.78 Å². The molecule has 4 heteroatoms. The first-order valence-electron chi connectivity index (χ1n) is 5.60. The Morgan fingerprint density at radius 2 is 2.17 bits per heavy atom. The molecule has 0 aliphatic rings. The molecular formula is C14H14BrNOS. The van der Waals surface area contributed by atoms with Crippen LogP contribution in [0, 0.1) is 0 Å². The summed E-state index contributed by atoms with van der Waals surface area (Å²) in [5, 5.41) is 4.19. The van der Waals surface area contributed by atoms with E-state index in [0.717, 1.165) is 22.3 Å². The van der Waals surface area contributed by atoms with Gasteiger partial charge in [0.05, 0.1) is 0 Å². The van der Waals surface area contributed by atoms with Gasteiger partial charge in [-0.25, -0.2) is 0 Å². The molecule has 0 atom stereocenters. The Kier molecular flexibility index (Phi) is 4.19. The number of halogens is 1. The van der Waals surface area contributed by atoms with E-state index in [0.29, 0.717) is 0 Å². The van der Waals surface area contributed by atoms with Gasteiger partial charge in [-0.3, -0.25) is 4.79 Å². The van der Waals surface area contributed by atoms with Gasteiger partial charge < -0.3 is 4.90 Å². The standard InChI is InChI=1S/C14H14BrNOS/c1-10(17)13-7-12(15)3-4-14(13)16(2)8-11-5-6-18-9-11/h3-7,9H,8H2,1-2H3. The largest absolute Gasteiger partial charge is 0.370 e. The molecule has 0 spiro atoms. The quantitative estimate of drug-likeness (QED) is 0.779. The maximum Gasteiger partial charge on any atom is 0.161 e. The van der Waals surface area contributed by atoms with E-state index in [9.17, 15) is 4.79 Å². The monoisotopic (exact) mass is 323 g/mol. The number of ketones is 1. The third-order valence-corrected chi connectivity index (χ3v) is 3.97. The number of carbonyl (C=O) groups is 1. The van der Waals surface area contributed by atoms with E-state index in [1.54, 1.807) is 18.3 Å². The second-order valence-corrected chi connectivity index (χ2v) is 5.90. The summed E-state index contributed by atoms with van der Waals surface area (Å²) in [4.78, 5) is 13.8. The number of thiophene rings is 1. The van der Waals surface area contributed by atoms with Crippen molar-refractivity contribution in [3.8, 4) is 0 Å². The van der Waals surface area contributed by atoms with Crippen LogP contribution in [0.5, 0.6) is 0 Å². The first kappa shape index (κ1) is 13.3. The third kappa shape index (κ3) is 3.00. The molecule has 2 nitrogen and oxygen atoms in total. The number of rotatable bonds is 4. The fourth-order valence-corrected chi connectivity index (χ4v) is 2.89. The molecule has 0 saturated carbocycles. The summed E-state index contributed by atoms with van der Waals surface area (Å²) in [6, 6.07) is 7.92. The topological polar surface area (TPSA) is 20.3 Å². The summed E-state index contributed by atoms with van der Waals surface area (Å²) in [5.41, 5.74) is 2.99. The van der Waals surface area contributed by atoms with E-state index >= 15 is 0 Å². The van der Waals surface area contributed by atoms with Crippen LogP contribution in [-0.2, 0) is 6.54 Å². The minimum atomic E-state index is 0.0865. The van der Waals surface area contributed by atoms with E-state index in [2.05, 4.69) is 37.7 Å². The van der Waals surface area contributed by atoms with Gasteiger partial charge in [-0.2, -0.15) is 11.3 Å². The van der Waals surface area contributed by atoms with Gasteiger partial charge in [0, 0.05) is 29.3 Å². The molecule has 0 amide bonds. The van der Waals surface area contributed by atoms with Crippen molar-refractivity contribution in [1.29, 1.82) is 0 Å². The van der Waals surface area contributed by atoms with E-state index in [4.69, 9.17) is 0 Å². The predicted molar refractivity (Wildman–Crippen MR) is 80.6 cm³/mol.